The summed E-state index contributed by atoms with van der Waals surface area (Å²) in [7, 11) is 0. The maximum Gasteiger partial charge on any atom is 0.273 e. The first kappa shape index (κ1) is 15.5. The first-order valence-corrected chi connectivity index (χ1v) is 7.43. The molecule has 1 aromatic heterocycles. The predicted molar refractivity (Wildman–Crippen MR) is 83.5 cm³/mol. The highest BCUT2D eigenvalue weighted by Crippen LogP contribution is 2.24. The van der Waals surface area contributed by atoms with Crippen molar-refractivity contribution in [3.05, 3.63) is 54.4 Å². The Bertz CT molecular complexity index is 669. The van der Waals surface area contributed by atoms with Gasteiger partial charge in [0.25, 0.3) is 5.91 Å². The molecule has 1 aromatic carbocycles. The zero-order valence-electron chi connectivity index (χ0n) is 12.6. The molecule has 2 aromatic rings. The van der Waals surface area contributed by atoms with Crippen molar-refractivity contribution >= 4 is 5.91 Å². The summed E-state index contributed by atoms with van der Waals surface area (Å²) < 4.78 is 10.9. The number of hydrogen-bond donors (Lipinski definition) is 2. The molecule has 23 heavy (non-hydrogen) atoms. The number of para-hydroxylation sites is 1. The average molecular weight is 314 g/mol. The van der Waals surface area contributed by atoms with Gasteiger partial charge >= 0.3 is 0 Å². The number of nitrogens with one attached hydrogen (secondary N) is 1. The fourth-order valence-corrected chi connectivity index (χ4v) is 2.32. The summed E-state index contributed by atoms with van der Waals surface area (Å²) >= 11 is 0. The molecule has 0 radical (unpaired) electrons. The minimum Gasteiger partial charge on any atom is -0.455 e. The van der Waals surface area contributed by atoms with Crippen molar-refractivity contribution in [1.29, 1.82) is 0 Å². The van der Waals surface area contributed by atoms with Gasteiger partial charge in [-0.05, 0) is 24.3 Å². The van der Waals surface area contributed by atoms with E-state index in [2.05, 4.69) is 10.3 Å². The lowest BCUT2D eigenvalue weighted by Crippen LogP contribution is -2.43. The Morgan fingerprint density at radius 2 is 2.13 bits per heavy atom. The van der Waals surface area contributed by atoms with Crippen molar-refractivity contribution < 1.29 is 19.4 Å². The molecule has 6 nitrogen and oxygen atoms in total. The van der Waals surface area contributed by atoms with Gasteiger partial charge in [0, 0.05) is 25.8 Å². The third kappa shape index (κ3) is 3.85. The maximum atomic E-state index is 12.3. The number of ether oxygens (including phenoxy) is 2. The van der Waals surface area contributed by atoms with Crippen LogP contribution in [0.5, 0.6) is 11.5 Å². The lowest BCUT2D eigenvalue weighted by Gasteiger charge is -2.20. The Morgan fingerprint density at radius 3 is 2.87 bits per heavy atom. The normalized spacial score (nSPS) is 20.2. The Hall–Kier alpha value is -2.44. The van der Waals surface area contributed by atoms with E-state index >= 15 is 0 Å². The number of aliphatic hydroxyl groups is 1. The van der Waals surface area contributed by atoms with Crippen LogP contribution in [0, 0.1) is 0 Å². The number of hydrogen-bond acceptors (Lipinski definition) is 5. The molecule has 1 atom stereocenters. The molecule has 1 aliphatic heterocycles. The van der Waals surface area contributed by atoms with Crippen LogP contribution < -0.4 is 10.1 Å². The zero-order chi connectivity index (χ0) is 16.1. The molecular weight excluding hydrogens is 296 g/mol. The lowest BCUT2D eigenvalue weighted by atomic mass is 10.0. The van der Waals surface area contributed by atoms with E-state index in [1.54, 1.807) is 24.3 Å². The predicted octanol–water partition coefficient (Wildman–Crippen LogP) is 1.76. The molecule has 2 heterocycles. The minimum atomic E-state index is -1.01. The molecule has 2 N–H and O–H groups in total. The van der Waals surface area contributed by atoms with Crippen LogP contribution in [0.4, 0.5) is 0 Å². The molecule has 1 fully saturated rings. The number of rotatable bonds is 5. The summed E-state index contributed by atoms with van der Waals surface area (Å²) in [6.07, 6.45) is 2.03. The van der Waals surface area contributed by atoms with Gasteiger partial charge in [0.1, 0.15) is 11.4 Å². The summed E-state index contributed by atoms with van der Waals surface area (Å²) in [5, 5.41) is 12.9. The third-order valence-corrected chi connectivity index (χ3v) is 3.62. The van der Waals surface area contributed by atoms with Gasteiger partial charge < -0.3 is 19.9 Å². The number of carbonyl (C=O) groups excluding carboxylic acids is 1. The highest BCUT2D eigenvalue weighted by atomic mass is 16.5. The summed E-state index contributed by atoms with van der Waals surface area (Å²) in [6, 6.07) is 12.6. The molecule has 0 unspecified atom stereocenters. The van der Waals surface area contributed by atoms with Crippen LogP contribution in [0.2, 0.25) is 0 Å². The van der Waals surface area contributed by atoms with Crippen LogP contribution in [0.25, 0.3) is 0 Å². The van der Waals surface area contributed by atoms with Crippen LogP contribution in [-0.4, -0.2) is 41.4 Å². The van der Waals surface area contributed by atoms with E-state index in [0.717, 1.165) is 0 Å². The topological polar surface area (TPSA) is 80.7 Å². The zero-order valence-corrected chi connectivity index (χ0v) is 12.6. The largest absolute Gasteiger partial charge is 0.455 e. The van der Waals surface area contributed by atoms with E-state index < -0.39 is 11.5 Å². The number of carbonyl (C=O) groups is 1. The van der Waals surface area contributed by atoms with Crippen molar-refractivity contribution in [1.82, 2.24) is 10.3 Å². The molecule has 1 amide bonds. The molecule has 1 saturated heterocycles. The van der Waals surface area contributed by atoms with E-state index in [9.17, 15) is 9.90 Å². The van der Waals surface area contributed by atoms with Crippen molar-refractivity contribution in [3.63, 3.8) is 0 Å². The van der Waals surface area contributed by atoms with Gasteiger partial charge in [0.05, 0.1) is 6.61 Å². The molecule has 0 aliphatic carbocycles. The molecule has 1 aliphatic rings. The monoisotopic (exact) mass is 314 g/mol. The fourth-order valence-electron chi connectivity index (χ4n) is 2.32. The summed E-state index contributed by atoms with van der Waals surface area (Å²) in [6.45, 7) is 0.842. The van der Waals surface area contributed by atoms with Gasteiger partial charge in [0.2, 0.25) is 0 Å². The van der Waals surface area contributed by atoms with Crippen LogP contribution in [0.15, 0.2) is 48.7 Å². The van der Waals surface area contributed by atoms with Gasteiger partial charge in [-0.25, -0.2) is 4.98 Å². The molecule has 0 spiro atoms. The molecule has 3 rings (SSSR count). The maximum absolute atomic E-state index is 12.3. The smallest absolute Gasteiger partial charge is 0.273 e. The van der Waals surface area contributed by atoms with E-state index in [-0.39, 0.29) is 18.8 Å². The number of nitrogens with zero attached hydrogens (tertiary/aromatic N) is 1. The Labute approximate surface area is 134 Å². The van der Waals surface area contributed by atoms with E-state index in [0.29, 0.717) is 24.5 Å². The highest BCUT2D eigenvalue weighted by Gasteiger charge is 2.33. The minimum absolute atomic E-state index is 0.118. The second kappa shape index (κ2) is 6.76. The van der Waals surface area contributed by atoms with Crippen LogP contribution >= 0.6 is 0 Å². The molecule has 6 heteroatoms. The number of benzene rings is 1. The second-order valence-corrected chi connectivity index (χ2v) is 5.47. The quantitative estimate of drug-likeness (QED) is 0.879. The van der Waals surface area contributed by atoms with Crippen molar-refractivity contribution in [2.24, 2.45) is 0 Å². The Morgan fingerprint density at radius 1 is 1.30 bits per heavy atom. The van der Waals surface area contributed by atoms with Gasteiger partial charge in [-0.3, -0.25) is 4.79 Å². The van der Waals surface area contributed by atoms with Crippen LogP contribution in [0.1, 0.15) is 16.9 Å². The summed E-state index contributed by atoms with van der Waals surface area (Å²) in [5.74, 6) is 0.597. The first-order valence-electron chi connectivity index (χ1n) is 7.43. The van der Waals surface area contributed by atoms with Crippen molar-refractivity contribution in [3.8, 4) is 11.5 Å². The van der Waals surface area contributed by atoms with Crippen molar-refractivity contribution in [2.75, 3.05) is 19.8 Å². The van der Waals surface area contributed by atoms with Gasteiger partial charge in [-0.15, -0.1) is 0 Å². The molecular formula is C17H18N2O4. The van der Waals surface area contributed by atoms with E-state index in [4.69, 9.17) is 9.47 Å². The standard InChI is InChI=1S/C17H18N2O4/c20-16(19-11-17(21)8-10-22-12-17)15-14(7-4-9-18-15)23-13-5-2-1-3-6-13/h1-7,9,21H,8,10-12H2,(H,19,20)/t17-/m1/s1. The molecule has 120 valence electrons. The fraction of sp³-hybridized carbons (Fsp3) is 0.294. The van der Waals surface area contributed by atoms with Gasteiger partial charge in [-0.1, -0.05) is 18.2 Å². The molecule has 0 saturated carbocycles. The van der Waals surface area contributed by atoms with Crippen molar-refractivity contribution in [2.45, 2.75) is 12.0 Å². The number of aromatic nitrogens is 1. The Balaban J connectivity index is 1.70. The average Bonchev–Trinajstić information content (AvgIpc) is 3.01. The molecule has 0 bridgehead atoms. The third-order valence-electron chi connectivity index (χ3n) is 3.62. The summed E-state index contributed by atoms with van der Waals surface area (Å²) in [4.78, 5) is 16.4. The van der Waals surface area contributed by atoms with Gasteiger partial charge in [-0.2, -0.15) is 0 Å². The highest BCUT2D eigenvalue weighted by molar-refractivity contribution is 5.95. The van der Waals surface area contributed by atoms with E-state index in [1.165, 1.54) is 6.20 Å². The summed E-state index contributed by atoms with van der Waals surface area (Å²) in [5.41, 5.74) is -0.830. The SMILES string of the molecule is O=C(NC[C@]1(O)CCOC1)c1ncccc1Oc1ccccc1. The number of pyridine rings is 1. The number of amides is 1. The second-order valence-electron chi connectivity index (χ2n) is 5.47. The van der Waals surface area contributed by atoms with Crippen LogP contribution in [0.3, 0.4) is 0 Å². The first-order chi connectivity index (χ1) is 11.2. The van der Waals surface area contributed by atoms with E-state index in [1.807, 2.05) is 18.2 Å². The lowest BCUT2D eigenvalue weighted by molar-refractivity contribution is 0.0263. The Kier molecular flexibility index (Phi) is 4.55. The van der Waals surface area contributed by atoms with Gasteiger partial charge in [0.15, 0.2) is 11.4 Å². The van der Waals surface area contributed by atoms with Crippen LogP contribution in [-0.2, 0) is 4.74 Å².